The van der Waals surface area contributed by atoms with Crippen LogP contribution in [-0.2, 0) is 32.7 Å². The monoisotopic (exact) mass is 988 g/mol. The van der Waals surface area contributed by atoms with Crippen molar-refractivity contribution in [2.24, 2.45) is 5.73 Å². The zero-order valence-electron chi connectivity index (χ0n) is 44.5. The van der Waals surface area contributed by atoms with Gasteiger partial charge in [0.25, 0.3) is 0 Å². The summed E-state index contributed by atoms with van der Waals surface area (Å²) in [5, 5.41) is 0. The number of carbonyl (C=O) groups is 2. The highest BCUT2D eigenvalue weighted by molar-refractivity contribution is 7.47. The molecule has 0 heterocycles. The van der Waals surface area contributed by atoms with Gasteiger partial charge in [-0.05, 0) is 83.5 Å². The molecule has 0 amide bonds. The Hall–Kier alpha value is -2.55. The molecule has 10 heteroatoms. The van der Waals surface area contributed by atoms with E-state index in [4.69, 9.17) is 24.3 Å². The van der Waals surface area contributed by atoms with Gasteiger partial charge < -0.3 is 20.1 Å². The second-order valence-electron chi connectivity index (χ2n) is 18.8. The third-order valence-corrected chi connectivity index (χ3v) is 13.1. The van der Waals surface area contributed by atoms with Gasteiger partial charge in [-0.2, -0.15) is 0 Å². The molecular weight excluding hydrogens is 882 g/mol. The third-order valence-electron chi connectivity index (χ3n) is 12.1. The van der Waals surface area contributed by atoms with Crippen molar-refractivity contribution >= 4 is 19.8 Å². The Balaban J connectivity index is 3.99. The first-order chi connectivity index (χ1) is 33.8. The number of rotatable bonds is 53. The van der Waals surface area contributed by atoms with Crippen molar-refractivity contribution in [3.05, 3.63) is 72.9 Å². The molecule has 0 aromatic rings. The second-order valence-corrected chi connectivity index (χ2v) is 20.2. The van der Waals surface area contributed by atoms with Crippen molar-refractivity contribution in [3.8, 4) is 0 Å². The summed E-state index contributed by atoms with van der Waals surface area (Å²) < 4.78 is 33.0. The van der Waals surface area contributed by atoms with Crippen LogP contribution in [0.5, 0.6) is 0 Å². The van der Waals surface area contributed by atoms with Crippen LogP contribution in [0.15, 0.2) is 72.9 Å². The normalized spacial score (nSPS) is 13.6. The van der Waals surface area contributed by atoms with Crippen molar-refractivity contribution in [1.82, 2.24) is 0 Å². The van der Waals surface area contributed by atoms with E-state index in [1.165, 1.54) is 148 Å². The van der Waals surface area contributed by atoms with Crippen LogP contribution in [-0.4, -0.2) is 49.3 Å². The van der Waals surface area contributed by atoms with E-state index in [0.717, 1.165) is 77.0 Å². The molecule has 3 N–H and O–H groups in total. The highest BCUT2D eigenvalue weighted by atomic mass is 31.2. The SMILES string of the molecule is CC/C=C\C/C=C\C/C=C\C/C=C\CCCCCCCCCCCCC(=O)OC(COC(=O)CCCCCCCCCCCCCCC/C=C\C/C=C\CCCCCCC)COP(=O)(O)OCCN. The van der Waals surface area contributed by atoms with E-state index in [0.29, 0.717) is 6.42 Å². The fourth-order valence-electron chi connectivity index (χ4n) is 7.89. The fraction of sp³-hybridized carbons (Fsp3) is 0.763. The number of carbonyl (C=O) groups excluding carboxylic acids is 2. The molecule has 0 aromatic heterocycles. The molecule has 0 saturated carbocycles. The summed E-state index contributed by atoms with van der Waals surface area (Å²) in [6.45, 7) is 3.64. The van der Waals surface area contributed by atoms with Gasteiger partial charge in [-0.3, -0.25) is 18.6 Å². The molecule has 0 radical (unpaired) electrons. The van der Waals surface area contributed by atoms with Crippen molar-refractivity contribution in [1.29, 1.82) is 0 Å². The number of unbranched alkanes of at least 4 members (excludes halogenated alkanes) is 28. The van der Waals surface area contributed by atoms with Crippen LogP contribution in [0.1, 0.15) is 258 Å². The molecule has 0 aliphatic carbocycles. The number of hydrogen-bond acceptors (Lipinski definition) is 8. The molecule has 0 aliphatic heterocycles. The van der Waals surface area contributed by atoms with Gasteiger partial charge >= 0.3 is 19.8 Å². The Kier molecular flexibility index (Phi) is 52.8. The Morgan fingerprint density at radius 1 is 0.449 bits per heavy atom. The van der Waals surface area contributed by atoms with E-state index in [9.17, 15) is 19.0 Å². The van der Waals surface area contributed by atoms with E-state index in [1.54, 1.807) is 0 Å². The molecule has 2 atom stereocenters. The minimum atomic E-state index is -4.39. The van der Waals surface area contributed by atoms with Crippen molar-refractivity contribution in [2.75, 3.05) is 26.4 Å². The molecule has 0 fully saturated rings. The number of phosphoric acid groups is 1. The van der Waals surface area contributed by atoms with Crippen LogP contribution >= 0.6 is 7.82 Å². The summed E-state index contributed by atoms with van der Waals surface area (Å²) in [6, 6.07) is 0. The standard InChI is InChI=1S/C59H106NO8P/c1-3-5-7-9-11-13-15-17-19-21-23-25-27-28-30-31-33-35-37-39-41-43-45-47-49-51-58(61)65-55-57(56-67-69(63,64)66-54-53-60)68-59(62)52-50-48-46-44-42-40-38-36-34-32-29-26-24-22-20-18-16-14-12-10-8-6-4-2/h6,8,12,14-15,17-18,20-21,23-24,26,57H,3-5,7,9-11,13,16,19,22,25,27-56,60H2,1-2H3,(H,63,64)/b8-6-,14-12-,17-15-,20-18-,23-21-,26-24-. The fourth-order valence-corrected chi connectivity index (χ4v) is 8.66. The molecule has 0 saturated heterocycles. The highest BCUT2D eigenvalue weighted by Crippen LogP contribution is 2.43. The summed E-state index contributed by atoms with van der Waals surface area (Å²) in [7, 11) is -4.39. The van der Waals surface area contributed by atoms with Crippen LogP contribution in [0.25, 0.3) is 0 Å². The maximum atomic E-state index is 12.7. The number of nitrogens with two attached hydrogens (primary N) is 1. The van der Waals surface area contributed by atoms with E-state index in [2.05, 4.69) is 86.8 Å². The third kappa shape index (κ3) is 54.6. The van der Waals surface area contributed by atoms with Gasteiger partial charge in [-0.1, -0.05) is 234 Å². The van der Waals surface area contributed by atoms with Crippen molar-refractivity contribution in [2.45, 2.75) is 264 Å². The molecule has 0 bridgehead atoms. The largest absolute Gasteiger partial charge is 0.472 e. The topological polar surface area (TPSA) is 134 Å². The summed E-state index contributed by atoms with van der Waals surface area (Å²) in [5.41, 5.74) is 5.38. The second kappa shape index (κ2) is 54.8. The summed E-state index contributed by atoms with van der Waals surface area (Å²) in [5.74, 6) is -0.829. The average molecular weight is 988 g/mol. The van der Waals surface area contributed by atoms with Crippen LogP contribution in [0, 0.1) is 0 Å². The molecule has 2 unspecified atom stereocenters. The van der Waals surface area contributed by atoms with E-state index < -0.39 is 26.5 Å². The van der Waals surface area contributed by atoms with Gasteiger partial charge in [-0.25, -0.2) is 4.57 Å². The van der Waals surface area contributed by atoms with Gasteiger partial charge in [0.2, 0.25) is 0 Å². The number of phosphoric ester groups is 1. The molecule has 0 spiro atoms. The van der Waals surface area contributed by atoms with Crippen molar-refractivity contribution < 1.29 is 37.6 Å². The number of ether oxygens (including phenoxy) is 2. The molecule has 9 nitrogen and oxygen atoms in total. The quantitative estimate of drug-likeness (QED) is 0.0264. The minimum Gasteiger partial charge on any atom is -0.462 e. The predicted octanol–water partition coefficient (Wildman–Crippen LogP) is 17.7. The summed E-state index contributed by atoms with van der Waals surface area (Å²) >= 11 is 0. The Morgan fingerprint density at radius 3 is 1.19 bits per heavy atom. The number of hydrogen-bond donors (Lipinski definition) is 2. The predicted molar refractivity (Wildman–Crippen MR) is 293 cm³/mol. The van der Waals surface area contributed by atoms with Gasteiger partial charge in [-0.15, -0.1) is 0 Å². The molecule has 0 rings (SSSR count). The first-order valence-electron chi connectivity index (χ1n) is 28.4. The van der Waals surface area contributed by atoms with Crippen LogP contribution in [0.3, 0.4) is 0 Å². The lowest BCUT2D eigenvalue weighted by Gasteiger charge is -2.19. The lowest BCUT2D eigenvalue weighted by atomic mass is 10.0. The van der Waals surface area contributed by atoms with Gasteiger partial charge in [0.1, 0.15) is 6.61 Å². The lowest BCUT2D eigenvalue weighted by Crippen LogP contribution is -2.29. The van der Waals surface area contributed by atoms with Gasteiger partial charge in [0.05, 0.1) is 13.2 Å². The first-order valence-corrected chi connectivity index (χ1v) is 29.9. The smallest absolute Gasteiger partial charge is 0.462 e. The Morgan fingerprint density at radius 2 is 0.797 bits per heavy atom. The van der Waals surface area contributed by atoms with Gasteiger partial charge in [0, 0.05) is 19.4 Å². The number of esters is 2. The van der Waals surface area contributed by atoms with E-state index in [1.807, 2.05) is 0 Å². The van der Waals surface area contributed by atoms with Crippen LogP contribution < -0.4 is 5.73 Å². The molecule has 400 valence electrons. The summed E-state index contributed by atoms with van der Waals surface area (Å²) in [6.07, 6.45) is 69.5. The minimum absolute atomic E-state index is 0.0503. The Labute approximate surface area is 424 Å². The Bertz CT molecular complexity index is 1360. The van der Waals surface area contributed by atoms with E-state index in [-0.39, 0.29) is 38.6 Å². The van der Waals surface area contributed by atoms with Crippen LogP contribution in [0.2, 0.25) is 0 Å². The zero-order chi connectivity index (χ0) is 50.2. The average Bonchev–Trinajstić information content (AvgIpc) is 3.34. The van der Waals surface area contributed by atoms with E-state index >= 15 is 0 Å². The van der Waals surface area contributed by atoms with Crippen molar-refractivity contribution in [3.63, 3.8) is 0 Å². The molecule has 0 aromatic carbocycles. The maximum Gasteiger partial charge on any atom is 0.472 e. The first kappa shape index (κ1) is 66.5. The highest BCUT2D eigenvalue weighted by Gasteiger charge is 2.26. The molecule has 69 heavy (non-hydrogen) atoms. The number of allylic oxidation sites excluding steroid dienone is 12. The maximum absolute atomic E-state index is 12.7. The van der Waals surface area contributed by atoms with Gasteiger partial charge in [0.15, 0.2) is 6.10 Å². The summed E-state index contributed by atoms with van der Waals surface area (Å²) in [4.78, 5) is 35.2. The zero-order valence-corrected chi connectivity index (χ0v) is 45.4. The van der Waals surface area contributed by atoms with Crippen LogP contribution in [0.4, 0.5) is 0 Å². The molecular formula is C59H106NO8P. The molecule has 0 aliphatic rings. The lowest BCUT2D eigenvalue weighted by molar-refractivity contribution is -0.161.